The van der Waals surface area contributed by atoms with Gasteiger partial charge in [-0.25, -0.2) is 14.1 Å². The predicted octanol–water partition coefficient (Wildman–Crippen LogP) is 3.42. The van der Waals surface area contributed by atoms with E-state index in [2.05, 4.69) is 10.1 Å². The number of fused-ring (bicyclic) bond motifs is 1. The minimum Gasteiger partial charge on any atom is -0.466 e. The van der Waals surface area contributed by atoms with Crippen molar-refractivity contribution in [2.45, 2.75) is 20.4 Å². The smallest absolute Gasteiger partial charge is 0.260 e. The molecule has 1 aromatic carbocycles. The molecule has 0 bridgehead atoms. The molecule has 0 radical (unpaired) electrons. The first kappa shape index (κ1) is 19.1. The molecule has 0 aliphatic carbocycles. The number of ether oxygens (including phenoxy) is 1. The van der Waals surface area contributed by atoms with Gasteiger partial charge in [-0.3, -0.25) is 4.79 Å². The van der Waals surface area contributed by atoms with E-state index >= 15 is 0 Å². The van der Waals surface area contributed by atoms with E-state index < -0.39 is 5.82 Å². The Morgan fingerprint density at radius 1 is 1.37 bits per heavy atom. The fraction of sp³-hybridized carbons (Fsp3) is 0.316. The van der Waals surface area contributed by atoms with Gasteiger partial charge in [0, 0.05) is 36.9 Å². The molecule has 3 rings (SSSR count). The van der Waals surface area contributed by atoms with Crippen molar-refractivity contribution in [3.8, 4) is 5.88 Å². The molecule has 0 N–H and O–H groups in total. The Labute approximate surface area is 161 Å². The zero-order valence-electron chi connectivity index (χ0n) is 15.6. The second kappa shape index (κ2) is 7.52. The first-order valence-electron chi connectivity index (χ1n) is 8.38. The number of aromatic nitrogens is 3. The molecule has 0 fully saturated rings. The minimum atomic E-state index is -0.448. The number of likely N-dealkylation sites (N-methyl/N-ethyl adjacent to an activating group) is 1. The normalized spacial score (nSPS) is 11.0. The van der Waals surface area contributed by atoms with Gasteiger partial charge in [0.2, 0.25) is 5.88 Å². The van der Waals surface area contributed by atoms with Crippen LogP contribution < -0.4 is 4.74 Å². The van der Waals surface area contributed by atoms with E-state index in [-0.39, 0.29) is 29.6 Å². The maximum absolute atomic E-state index is 13.9. The molecule has 0 atom stereocenters. The Morgan fingerprint density at radius 3 is 2.81 bits per heavy atom. The predicted molar refractivity (Wildman–Crippen MR) is 101 cm³/mol. The molecule has 0 spiro atoms. The van der Waals surface area contributed by atoms with Crippen LogP contribution >= 0.6 is 11.6 Å². The third kappa shape index (κ3) is 3.88. The van der Waals surface area contributed by atoms with E-state index in [0.29, 0.717) is 11.5 Å². The number of carbonyl (C=O) groups excluding carboxylic acids is 1. The molecule has 0 saturated heterocycles. The number of hydrogen-bond donors (Lipinski definition) is 0. The molecule has 3 aromatic rings. The SMILES string of the molecule is Cc1cc(C)c2c(OCC(=O)N(C)Cc3c(F)cccc3Cl)nn(C)c2n1. The number of hydrogen-bond acceptors (Lipinski definition) is 4. The number of halogens is 2. The lowest BCUT2D eigenvalue weighted by Crippen LogP contribution is -2.31. The van der Waals surface area contributed by atoms with E-state index in [0.717, 1.165) is 16.6 Å². The number of pyridine rings is 1. The highest BCUT2D eigenvalue weighted by atomic mass is 35.5. The van der Waals surface area contributed by atoms with Gasteiger partial charge >= 0.3 is 0 Å². The molecule has 0 unspecified atom stereocenters. The maximum atomic E-state index is 13.9. The summed E-state index contributed by atoms with van der Waals surface area (Å²) < 4.78 is 21.2. The van der Waals surface area contributed by atoms with Gasteiger partial charge in [-0.15, -0.1) is 5.10 Å². The molecule has 0 aliphatic rings. The van der Waals surface area contributed by atoms with E-state index in [9.17, 15) is 9.18 Å². The van der Waals surface area contributed by atoms with Crippen LogP contribution in [0.2, 0.25) is 5.02 Å². The van der Waals surface area contributed by atoms with Crippen molar-refractivity contribution in [2.75, 3.05) is 13.7 Å². The largest absolute Gasteiger partial charge is 0.466 e. The lowest BCUT2D eigenvalue weighted by molar-refractivity contribution is -0.132. The van der Waals surface area contributed by atoms with Gasteiger partial charge in [0.1, 0.15) is 5.82 Å². The molecule has 142 valence electrons. The molecule has 8 heteroatoms. The number of amides is 1. The molecular formula is C19H20ClFN4O2. The van der Waals surface area contributed by atoms with Crippen molar-refractivity contribution < 1.29 is 13.9 Å². The van der Waals surface area contributed by atoms with Crippen LogP contribution in [-0.4, -0.2) is 39.2 Å². The Balaban J connectivity index is 1.73. The van der Waals surface area contributed by atoms with Crippen molar-refractivity contribution in [3.63, 3.8) is 0 Å². The second-order valence-electron chi connectivity index (χ2n) is 6.45. The monoisotopic (exact) mass is 390 g/mol. The van der Waals surface area contributed by atoms with Crippen molar-refractivity contribution in [1.82, 2.24) is 19.7 Å². The van der Waals surface area contributed by atoms with Crippen molar-refractivity contribution in [3.05, 3.63) is 51.9 Å². The van der Waals surface area contributed by atoms with Crippen molar-refractivity contribution in [1.29, 1.82) is 0 Å². The Morgan fingerprint density at radius 2 is 2.11 bits per heavy atom. The maximum Gasteiger partial charge on any atom is 0.260 e. The van der Waals surface area contributed by atoms with Crippen LogP contribution in [0.1, 0.15) is 16.8 Å². The molecule has 0 aliphatic heterocycles. The summed E-state index contributed by atoms with van der Waals surface area (Å²) in [7, 11) is 3.34. The third-order valence-electron chi connectivity index (χ3n) is 4.30. The van der Waals surface area contributed by atoms with E-state index in [4.69, 9.17) is 16.3 Å². The summed E-state index contributed by atoms with van der Waals surface area (Å²) >= 11 is 6.02. The van der Waals surface area contributed by atoms with Gasteiger partial charge in [0.15, 0.2) is 12.3 Å². The summed E-state index contributed by atoms with van der Waals surface area (Å²) in [5.41, 5.74) is 2.82. The summed E-state index contributed by atoms with van der Waals surface area (Å²) in [6, 6.07) is 6.36. The van der Waals surface area contributed by atoms with Crippen LogP contribution in [0.4, 0.5) is 4.39 Å². The van der Waals surface area contributed by atoms with E-state index in [1.807, 2.05) is 19.9 Å². The first-order chi connectivity index (χ1) is 12.8. The molecule has 2 aromatic heterocycles. The number of aryl methyl sites for hydroxylation is 3. The highest BCUT2D eigenvalue weighted by Crippen LogP contribution is 2.27. The summed E-state index contributed by atoms with van der Waals surface area (Å²) in [6.45, 7) is 3.68. The fourth-order valence-corrected chi connectivity index (χ4v) is 3.12. The molecule has 27 heavy (non-hydrogen) atoms. The molecule has 1 amide bonds. The van der Waals surface area contributed by atoms with Crippen molar-refractivity contribution >= 4 is 28.5 Å². The average molecular weight is 391 g/mol. The van der Waals surface area contributed by atoms with Gasteiger partial charge in [-0.1, -0.05) is 17.7 Å². The van der Waals surface area contributed by atoms with Crippen LogP contribution in [0.5, 0.6) is 5.88 Å². The zero-order valence-corrected chi connectivity index (χ0v) is 16.3. The Kier molecular flexibility index (Phi) is 5.32. The lowest BCUT2D eigenvalue weighted by atomic mass is 10.2. The number of nitrogens with zero attached hydrogens (tertiary/aromatic N) is 4. The van der Waals surface area contributed by atoms with Crippen LogP contribution in [-0.2, 0) is 18.4 Å². The molecule has 0 saturated carbocycles. The zero-order chi connectivity index (χ0) is 19.7. The van der Waals surface area contributed by atoms with Gasteiger partial charge < -0.3 is 9.64 Å². The summed E-state index contributed by atoms with van der Waals surface area (Å²) in [5.74, 6) is -0.412. The fourth-order valence-electron chi connectivity index (χ4n) is 2.90. The third-order valence-corrected chi connectivity index (χ3v) is 4.66. The lowest BCUT2D eigenvalue weighted by Gasteiger charge is -2.18. The average Bonchev–Trinajstić information content (AvgIpc) is 2.92. The van der Waals surface area contributed by atoms with E-state index in [1.54, 1.807) is 24.8 Å². The van der Waals surface area contributed by atoms with Gasteiger partial charge in [0.25, 0.3) is 5.91 Å². The number of rotatable bonds is 5. The van der Waals surface area contributed by atoms with Crippen LogP contribution in [0.3, 0.4) is 0 Å². The first-order valence-corrected chi connectivity index (χ1v) is 8.76. The van der Waals surface area contributed by atoms with Gasteiger partial charge in [0.05, 0.1) is 5.39 Å². The molecular weight excluding hydrogens is 371 g/mol. The topological polar surface area (TPSA) is 60.2 Å². The summed E-state index contributed by atoms with van der Waals surface area (Å²) in [6.07, 6.45) is 0. The van der Waals surface area contributed by atoms with Crippen LogP contribution in [0, 0.1) is 19.7 Å². The molecule has 6 nitrogen and oxygen atoms in total. The highest BCUT2D eigenvalue weighted by molar-refractivity contribution is 6.31. The minimum absolute atomic E-state index is 0.0520. The quantitative estimate of drug-likeness (QED) is 0.669. The molecule has 2 heterocycles. The number of benzene rings is 1. The van der Waals surface area contributed by atoms with E-state index in [1.165, 1.54) is 17.0 Å². The van der Waals surface area contributed by atoms with Crippen LogP contribution in [0.25, 0.3) is 11.0 Å². The standard InChI is InChI=1S/C19H20ClFN4O2/c1-11-8-12(2)22-18-17(11)19(23-25(18)4)27-10-16(26)24(3)9-13-14(20)6-5-7-15(13)21/h5-8H,9-10H2,1-4H3. The van der Waals surface area contributed by atoms with Crippen LogP contribution in [0.15, 0.2) is 24.3 Å². The van der Waals surface area contributed by atoms with Crippen molar-refractivity contribution in [2.24, 2.45) is 7.05 Å². The second-order valence-corrected chi connectivity index (χ2v) is 6.85. The summed E-state index contributed by atoms with van der Waals surface area (Å²) in [4.78, 5) is 18.2. The Bertz CT molecular complexity index is 998. The summed E-state index contributed by atoms with van der Waals surface area (Å²) in [5, 5.41) is 5.37. The Hall–Kier alpha value is -2.67. The van der Waals surface area contributed by atoms with Gasteiger partial charge in [-0.2, -0.15) is 0 Å². The number of carbonyl (C=O) groups is 1. The highest BCUT2D eigenvalue weighted by Gasteiger charge is 2.18. The van der Waals surface area contributed by atoms with Gasteiger partial charge in [-0.05, 0) is 37.6 Å².